The van der Waals surface area contributed by atoms with E-state index in [-0.39, 0.29) is 44.6 Å². The molecule has 0 spiro atoms. The molecule has 2 amide bonds. The number of pyridine rings is 1. The van der Waals surface area contributed by atoms with Gasteiger partial charge in [-0.3, -0.25) is 9.59 Å². The van der Waals surface area contributed by atoms with Crippen LogP contribution in [0.1, 0.15) is 92.6 Å². The smallest absolute Gasteiger partial charge is 0.429 e. The molecule has 14 heteroatoms. The highest BCUT2D eigenvalue weighted by Gasteiger charge is 2.32. The van der Waals surface area contributed by atoms with Gasteiger partial charge in [-0.25, -0.2) is 19.3 Å². The van der Waals surface area contributed by atoms with E-state index in [0.717, 1.165) is 11.8 Å². The molecule has 49 heavy (non-hydrogen) atoms. The van der Waals surface area contributed by atoms with Crippen LogP contribution in [0.15, 0.2) is 41.3 Å². The zero-order chi connectivity index (χ0) is 35.2. The lowest BCUT2D eigenvalue weighted by molar-refractivity contribution is -0.0486. The topological polar surface area (TPSA) is 153 Å². The van der Waals surface area contributed by atoms with E-state index in [4.69, 9.17) is 33.2 Å². The predicted octanol–water partition coefficient (Wildman–Crippen LogP) is 4.29. The number of hydrogen-bond acceptors (Lipinski definition) is 11. The van der Waals surface area contributed by atoms with Gasteiger partial charge < -0.3 is 38.5 Å². The van der Waals surface area contributed by atoms with Crippen LogP contribution in [-0.4, -0.2) is 87.0 Å². The van der Waals surface area contributed by atoms with E-state index >= 15 is 0 Å². The molecule has 0 bridgehead atoms. The monoisotopic (exact) mass is 687 g/mol. The Morgan fingerprint density at radius 3 is 2.12 bits per heavy atom. The van der Waals surface area contributed by atoms with Gasteiger partial charge in [-0.15, -0.1) is 0 Å². The number of nitrogens with one attached hydrogen (secondary N) is 1. The van der Waals surface area contributed by atoms with Gasteiger partial charge in [0.05, 0.1) is 33.0 Å². The van der Waals surface area contributed by atoms with Gasteiger partial charge in [0.2, 0.25) is 5.43 Å². The number of aromatic nitrogens is 1. The predicted molar refractivity (Wildman–Crippen MR) is 178 cm³/mol. The average molecular weight is 688 g/mol. The molecule has 2 aromatic rings. The van der Waals surface area contributed by atoms with Crippen molar-refractivity contribution in [2.45, 2.75) is 91.0 Å². The second kappa shape index (κ2) is 18.7. The van der Waals surface area contributed by atoms with Crippen LogP contribution in [0.25, 0.3) is 0 Å². The van der Waals surface area contributed by atoms with Gasteiger partial charge in [0.25, 0.3) is 5.91 Å². The zero-order valence-electron chi connectivity index (χ0n) is 28.9. The molecule has 2 fully saturated rings. The summed E-state index contributed by atoms with van der Waals surface area (Å²) in [5.74, 6) is -2.00. The van der Waals surface area contributed by atoms with Crippen LogP contribution in [0.3, 0.4) is 0 Å². The molecule has 0 saturated carbocycles. The normalized spacial score (nSPS) is 15.3. The number of rotatable bonds is 17. The summed E-state index contributed by atoms with van der Waals surface area (Å²) in [7, 11) is 0. The van der Waals surface area contributed by atoms with E-state index < -0.39 is 40.3 Å². The summed E-state index contributed by atoms with van der Waals surface area (Å²) in [6.45, 7) is 9.26. The third kappa shape index (κ3) is 11.6. The molecule has 2 aliphatic heterocycles. The van der Waals surface area contributed by atoms with Gasteiger partial charge in [-0.1, -0.05) is 30.3 Å². The van der Waals surface area contributed by atoms with E-state index in [1.54, 1.807) is 39.8 Å². The summed E-state index contributed by atoms with van der Waals surface area (Å²) in [6.07, 6.45) is 3.25. The molecule has 270 valence electrons. The number of amides is 2. The van der Waals surface area contributed by atoms with Crippen molar-refractivity contribution >= 4 is 18.0 Å². The molecule has 1 N–H and O–H groups in total. The second-order valence-electron chi connectivity index (χ2n) is 12.6. The lowest BCUT2D eigenvalue weighted by Crippen LogP contribution is -2.48. The molecule has 4 rings (SSSR count). The number of benzene rings is 1. The highest BCUT2D eigenvalue weighted by molar-refractivity contribution is 5.98. The number of esters is 1. The third-order valence-electron chi connectivity index (χ3n) is 7.52. The molecular weight excluding hydrogens is 638 g/mol. The van der Waals surface area contributed by atoms with Crippen molar-refractivity contribution in [2.75, 3.05) is 51.1 Å². The molecule has 0 radical (unpaired) electrons. The fourth-order valence-corrected chi connectivity index (χ4v) is 5.21. The number of carbonyl (C=O) groups is 3. The lowest BCUT2D eigenvalue weighted by atomic mass is 10.2. The first kappa shape index (κ1) is 37.8. The summed E-state index contributed by atoms with van der Waals surface area (Å²) in [4.78, 5) is 55.0. The molecule has 3 heterocycles. The number of ether oxygens (including phenoxy) is 7. The van der Waals surface area contributed by atoms with Gasteiger partial charge in [-0.2, -0.15) is 0 Å². The fourth-order valence-electron chi connectivity index (χ4n) is 5.21. The van der Waals surface area contributed by atoms with Crippen molar-refractivity contribution in [2.24, 2.45) is 0 Å². The molecule has 1 aromatic heterocycles. The van der Waals surface area contributed by atoms with Crippen LogP contribution in [0.4, 0.5) is 4.79 Å². The molecule has 0 unspecified atom stereocenters. The Balaban J connectivity index is 1.69. The van der Waals surface area contributed by atoms with E-state index in [0.29, 0.717) is 65.0 Å². The Kier molecular flexibility index (Phi) is 14.4. The number of nitrogens with zero attached hydrogens (tertiary/aromatic N) is 2. The van der Waals surface area contributed by atoms with Gasteiger partial charge >= 0.3 is 12.1 Å². The summed E-state index contributed by atoms with van der Waals surface area (Å²) in [5, 5.41) is 3.90. The van der Waals surface area contributed by atoms with Crippen LogP contribution in [0, 0.1) is 0 Å². The molecule has 0 atom stereocenters. The highest BCUT2D eigenvalue weighted by Crippen LogP contribution is 2.22. The molecule has 14 nitrogen and oxygen atoms in total. The quantitative estimate of drug-likeness (QED) is 0.187. The summed E-state index contributed by atoms with van der Waals surface area (Å²) >= 11 is 0. The number of unbranched alkanes of at least 4 members (excludes halogenated alkanes) is 2. The van der Waals surface area contributed by atoms with Crippen LogP contribution >= 0.6 is 0 Å². The van der Waals surface area contributed by atoms with Gasteiger partial charge in [0.15, 0.2) is 24.0 Å². The second-order valence-corrected chi connectivity index (χ2v) is 12.6. The van der Waals surface area contributed by atoms with Crippen LogP contribution < -0.4 is 20.5 Å². The molecular formula is C35H49N3O11. The van der Waals surface area contributed by atoms with Crippen molar-refractivity contribution in [3.8, 4) is 5.75 Å². The Labute approximate surface area is 286 Å². The van der Waals surface area contributed by atoms with Crippen LogP contribution in [0.5, 0.6) is 5.75 Å². The minimum absolute atomic E-state index is 0.0321. The Morgan fingerprint density at radius 2 is 1.53 bits per heavy atom. The van der Waals surface area contributed by atoms with E-state index in [9.17, 15) is 19.2 Å². The Bertz CT molecular complexity index is 1430. The van der Waals surface area contributed by atoms with Gasteiger partial charge in [0, 0.05) is 19.3 Å². The van der Waals surface area contributed by atoms with E-state index in [2.05, 4.69) is 5.32 Å². The van der Waals surface area contributed by atoms with Gasteiger partial charge in [0.1, 0.15) is 17.8 Å². The minimum Gasteiger partial charge on any atom is -0.482 e. The Hall–Kier alpha value is -3.98. The summed E-state index contributed by atoms with van der Waals surface area (Å²) in [5.41, 5.74) is -1.68. The summed E-state index contributed by atoms with van der Waals surface area (Å²) < 4.78 is 40.5. The maximum atomic E-state index is 14.0. The maximum Gasteiger partial charge on any atom is 0.429 e. The van der Waals surface area contributed by atoms with Crippen molar-refractivity contribution < 1.29 is 47.5 Å². The fraction of sp³-hybridized carbons (Fsp3) is 0.600. The Morgan fingerprint density at radius 1 is 0.918 bits per heavy atom. The van der Waals surface area contributed by atoms with Crippen LogP contribution in [0.2, 0.25) is 0 Å². The van der Waals surface area contributed by atoms with Crippen molar-refractivity contribution in [1.82, 2.24) is 9.99 Å². The van der Waals surface area contributed by atoms with E-state index in [1.807, 2.05) is 18.2 Å². The molecule has 0 aliphatic carbocycles. The van der Waals surface area contributed by atoms with E-state index in [1.165, 1.54) is 9.69 Å². The molecule has 2 saturated heterocycles. The summed E-state index contributed by atoms with van der Waals surface area (Å²) in [6, 6.07) is 9.06. The van der Waals surface area contributed by atoms with Crippen molar-refractivity contribution in [3.63, 3.8) is 0 Å². The highest BCUT2D eigenvalue weighted by atomic mass is 16.7. The molecule has 2 aliphatic rings. The standard InChI is InChI=1S/C35H49N3O11/c1-5-36-32(40)29-31(48-24-25-13-7-6-8-14-25)30(39)26(33(41)47-18-12-10-16-28-45-21-22-46-28)23-38(29)37(34(42)49-35(2,3)4)17-11-9-15-27-43-19-20-44-27/h6-8,13-14,23,27-28H,5,9-12,15-22,24H2,1-4H3,(H,36,40). The number of hydrogen-bond donors (Lipinski definition) is 1. The lowest BCUT2D eigenvalue weighted by Gasteiger charge is -2.31. The van der Waals surface area contributed by atoms with Crippen molar-refractivity contribution in [1.29, 1.82) is 0 Å². The molecule has 1 aromatic carbocycles. The first-order valence-corrected chi connectivity index (χ1v) is 17.0. The first-order chi connectivity index (χ1) is 23.6. The largest absolute Gasteiger partial charge is 0.482 e. The zero-order valence-corrected chi connectivity index (χ0v) is 28.9. The average Bonchev–Trinajstić information content (AvgIpc) is 3.79. The first-order valence-electron chi connectivity index (χ1n) is 17.0. The maximum absolute atomic E-state index is 14.0. The van der Waals surface area contributed by atoms with Crippen molar-refractivity contribution in [3.05, 3.63) is 63.6 Å². The third-order valence-corrected chi connectivity index (χ3v) is 7.52. The number of carbonyl (C=O) groups excluding carboxylic acids is 3. The van der Waals surface area contributed by atoms with Crippen LogP contribution in [-0.2, 0) is 35.0 Å². The SMILES string of the molecule is CCNC(=O)c1c(OCc2ccccc2)c(=O)c(C(=O)OCCCCC2OCCO2)cn1N(CCCCC1OCCO1)C(=O)OC(C)(C)C. The van der Waals surface area contributed by atoms with Gasteiger partial charge in [-0.05, 0) is 71.8 Å². The minimum atomic E-state index is -0.918.